The van der Waals surface area contributed by atoms with Crippen molar-refractivity contribution in [1.29, 1.82) is 0 Å². The minimum Gasteiger partial charge on any atom is -0.387 e. The Balaban J connectivity index is 2.28. The van der Waals surface area contributed by atoms with Gasteiger partial charge in [0.2, 0.25) is 0 Å². The summed E-state index contributed by atoms with van der Waals surface area (Å²) in [6.07, 6.45) is 4.41. The molecular formula is C6H14NO+. The molecule has 0 heterocycles. The number of hydrogen-bond acceptors (Lipinski definition) is 1. The second-order valence-corrected chi connectivity index (χ2v) is 2.61. The lowest BCUT2D eigenvalue weighted by Crippen LogP contribution is -2.67. The summed E-state index contributed by atoms with van der Waals surface area (Å²) in [5.41, 5.74) is 3.83. The van der Waals surface area contributed by atoms with Crippen LogP contribution in [0.15, 0.2) is 0 Å². The fourth-order valence-electron chi connectivity index (χ4n) is 1.19. The van der Waals surface area contributed by atoms with Gasteiger partial charge in [-0.25, -0.2) is 0 Å². The van der Waals surface area contributed by atoms with E-state index < -0.39 is 0 Å². The lowest BCUT2D eigenvalue weighted by molar-refractivity contribution is -0.442. The molecule has 2 atom stereocenters. The van der Waals surface area contributed by atoms with Crippen LogP contribution in [0, 0.1) is 0 Å². The van der Waals surface area contributed by atoms with E-state index in [1.165, 1.54) is 12.8 Å². The van der Waals surface area contributed by atoms with Gasteiger partial charge in [-0.3, -0.25) is 0 Å². The van der Waals surface area contributed by atoms with Crippen molar-refractivity contribution in [2.45, 2.75) is 37.8 Å². The molecule has 4 N–H and O–H groups in total. The predicted molar refractivity (Wildman–Crippen MR) is 31.2 cm³/mol. The Kier molecular flexibility index (Phi) is 1.86. The molecule has 0 radical (unpaired) electrons. The summed E-state index contributed by atoms with van der Waals surface area (Å²) in [4.78, 5) is 0. The molecule has 0 bridgehead atoms. The fourth-order valence-corrected chi connectivity index (χ4v) is 1.19. The molecule has 2 unspecified atom stereocenters. The topological polar surface area (TPSA) is 47.9 Å². The first-order chi connectivity index (χ1) is 3.80. The monoisotopic (exact) mass is 116 g/mol. The zero-order valence-corrected chi connectivity index (χ0v) is 5.14. The zero-order valence-electron chi connectivity index (χ0n) is 5.14. The van der Waals surface area contributed by atoms with Crippen LogP contribution >= 0.6 is 0 Å². The highest BCUT2D eigenvalue weighted by Crippen LogP contribution is 2.14. The summed E-state index contributed by atoms with van der Waals surface area (Å²) in [5.74, 6) is 0. The molecule has 2 nitrogen and oxygen atoms in total. The summed E-state index contributed by atoms with van der Waals surface area (Å²) in [6.45, 7) is 0. The second-order valence-electron chi connectivity index (χ2n) is 2.61. The molecule has 0 aromatic heterocycles. The van der Waals surface area contributed by atoms with Crippen LogP contribution in [0.5, 0.6) is 0 Å². The smallest absolute Gasteiger partial charge is 0.111 e. The van der Waals surface area contributed by atoms with Crippen LogP contribution < -0.4 is 5.73 Å². The quantitative estimate of drug-likeness (QED) is 0.441. The molecule has 1 fully saturated rings. The average molecular weight is 116 g/mol. The molecule has 0 amide bonds. The highest BCUT2D eigenvalue weighted by Gasteiger charge is 2.21. The van der Waals surface area contributed by atoms with Crippen LogP contribution in [0.3, 0.4) is 0 Å². The van der Waals surface area contributed by atoms with E-state index in [-0.39, 0.29) is 6.10 Å². The zero-order chi connectivity index (χ0) is 5.98. The van der Waals surface area contributed by atoms with Gasteiger partial charge in [0.15, 0.2) is 0 Å². The van der Waals surface area contributed by atoms with Crippen molar-refractivity contribution in [3.8, 4) is 0 Å². The summed E-state index contributed by atoms with van der Waals surface area (Å²) >= 11 is 0. The first kappa shape index (κ1) is 6.05. The first-order valence-electron chi connectivity index (χ1n) is 3.32. The molecule has 48 valence electrons. The molecule has 1 aliphatic rings. The molecule has 1 aliphatic carbocycles. The van der Waals surface area contributed by atoms with Crippen LogP contribution in [-0.4, -0.2) is 17.3 Å². The van der Waals surface area contributed by atoms with E-state index in [1.54, 1.807) is 0 Å². The van der Waals surface area contributed by atoms with Crippen LogP contribution in [0.1, 0.15) is 25.7 Å². The van der Waals surface area contributed by atoms with Crippen molar-refractivity contribution in [3.63, 3.8) is 0 Å². The fraction of sp³-hybridized carbons (Fsp3) is 1.00. The first-order valence-corrected chi connectivity index (χ1v) is 3.32. The highest BCUT2D eigenvalue weighted by molar-refractivity contribution is 4.70. The van der Waals surface area contributed by atoms with E-state index >= 15 is 0 Å². The molecule has 1 saturated carbocycles. The molecule has 0 aliphatic heterocycles. The molecule has 0 spiro atoms. The Bertz CT molecular complexity index is 64.9. The third kappa shape index (κ3) is 1.20. The van der Waals surface area contributed by atoms with E-state index in [0.29, 0.717) is 6.04 Å². The molecule has 0 saturated heterocycles. The maximum absolute atomic E-state index is 9.12. The minimum absolute atomic E-state index is 0.108. The lowest BCUT2D eigenvalue weighted by atomic mass is 9.94. The van der Waals surface area contributed by atoms with Gasteiger partial charge in [0, 0.05) is 6.42 Å². The molecule has 0 aromatic carbocycles. The van der Waals surface area contributed by atoms with Gasteiger partial charge in [-0.15, -0.1) is 0 Å². The van der Waals surface area contributed by atoms with Crippen LogP contribution in [0.2, 0.25) is 0 Å². The van der Waals surface area contributed by atoms with E-state index in [0.717, 1.165) is 12.8 Å². The Labute approximate surface area is 49.7 Å². The van der Waals surface area contributed by atoms with Gasteiger partial charge in [-0.1, -0.05) is 6.42 Å². The molecule has 1 rings (SSSR count). The molecular weight excluding hydrogens is 102 g/mol. The summed E-state index contributed by atoms with van der Waals surface area (Å²) in [7, 11) is 0. The molecule has 2 heteroatoms. The number of quaternary nitrogens is 1. The number of hydrogen-bond donors (Lipinski definition) is 2. The third-order valence-corrected chi connectivity index (χ3v) is 1.87. The van der Waals surface area contributed by atoms with Gasteiger partial charge >= 0.3 is 0 Å². The average Bonchev–Trinajstić information content (AvgIpc) is 1.77. The van der Waals surface area contributed by atoms with Crippen molar-refractivity contribution in [2.24, 2.45) is 0 Å². The van der Waals surface area contributed by atoms with Gasteiger partial charge < -0.3 is 10.8 Å². The summed E-state index contributed by atoms with van der Waals surface area (Å²) < 4.78 is 0. The summed E-state index contributed by atoms with van der Waals surface area (Å²) in [6, 6.07) is 0.309. The third-order valence-electron chi connectivity index (χ3n) is 1.87. The molecule has 8 heavy (non-hydrogen) atoms. The van der Waals surface area contributed by atoms with Crippen LogP contribution in [0.25, 0.3) is 0 Å². The van der Waals surface area contributed by atoms with Crippen molar-refractivity contribution in [2.75, 3.05) is 0 Å². The normalized spacial score (nSPS) is 39.8. The highest BCUT2D eigenvalue weighted by atomic mass is 16.3. The van der Waals surface area contributed by atoms with Crippen molar-refractivity contribution >= 4 is 0 Å². The minimum atomic E-state index is -0.108. The predicted octanol–water partition coefficient (Wildman–Crippen LogP) is -0.468. The Hall–Kier alpha value is -0.0800. The number of aliphatic hydroxyl groups excluding tert-OH is 1. The Morgan fingerprint density at radius 3 is 2.25 bits per heavy atom. The Morgan fingerprint density at radius 2 is 1.88 bits per heavy atom. The number of rotatable bonds is 0. The van der Waals surface area contributed by atoms with Gasteiger partial charge in [0.1, 0.15) is 12.1 Å². The van der Waals surface area contributed by atoms with Gasteiger partial charge in [0.05, 0.1) is 0 Å². The Morgan fingerprint density at radius 1 is 1.25 bits per heavy atom. The molecule has 0 aromatic rings. The maximum Gasteiger partial charge on any atom is 0.111 e. The maximum atomic E-state index is 9.12. The lowest BCUT2D eigenvalue weighted by Gasteiger charge is -2.20. The van der Waals surface area contributed by atoms with E-state index in [9.17, 15) is 0 Å². The van der Waals surface area contributed by atoms with Gasteiger partial charge in [0.25, 0.3) is 0 Å². The van der Waals surface area contributed by atoms with Gasteiger partial charge in [-0.2, -0.15) is 0 Å². The van der Waals surface area contributed by atoms with Gasteiger partial charge in [-0.05, 0) is 12.8 Å². The second kappa shape index (κ2) is 2.46. The largest absolute Gasteiger partial charge is 0.387 e. The summed E-state index contributed by atoms with van der Waals surface area (Å²) in [5, 5.41) is 9.12. The van der Waals surface area contributed by atoms with Crippen molar-refractivity contribution in [1.82, 2.24) is 0 Å². The van der Waals surface area contributed by atoms with Crippen molar-refractivity contribution in [3.05, 3.63) is 0 Å². The van der Waals surface area contributed by atoms with Crippen LogP contribution in [-0.2, 0) is 0 Å². The SMILES string of the molecule is [NH3+]C1CCCCC1O. The van der Waals surface area contributed by atoms with E-state index in [1.807, 2.05) is 0 Å². The number of aliphatic hydroxyl groups is 1. The van der Waals surface area contributed by atoms with E-state index in [2.05, 4.69) is 5.73 Å². The van der Waals surface area contributed by atoms with Crippen molar-refractivity contribution < 1.29 is 10.8 Å². The van der Waals surface area contributed by atoms with E-state index in [4.69, 9.17) is 5.11 Å². The standard InChI is InChI=1S/C6H13NO/c7-5-3-1-2-4-6(5)8/h5-6,8H,1-4,7H2/p+1. The van der Waals surface area contributed by atoms with Crippen LogP contribution in [0.4, 0.5) is 0 Å².